The van der Waals surface area contributed by atoms with E-state index in [1.165, 1.54) is 0 Å². The lowest BCUT2D eigenvalue weighted by molar-refractivity contribution is -0.121. The van der Waals surface area contributed by atoms with Crippen LogP contribution >= 0.6 is 11.6 Å². The lowest BCUT2D eigenvalue weighted by Crippen LogP contribution is -2.30. The van der Waals surface area contributed by atoms with Gasteiger partial charge >= 0.3 is 0 Å². The Bertz CT molecular complexity index is 872. The lowest BCUT2D eigenvalue weighted by atomic mass is 9.96. The molecule has 0 saturated heterocycles. The average Bonchev–Trinajstić information content (AvgIpc) is 2.98. The van der Waals surface area contributed by atoms with Crippen LogP contribution in [0, 0.1) is 0 Å². The summed E-state index contributed by atoms with van der Waals surface area (Å²) in [5.41, 5.74) is 5.67. The molecule has 4 rings (SSSR count). The third-order valence-corrected chi connectivity index (χ3v) is 4.97. The van der Waals surface area contributed by atoms with Crippen LogP contribution in [0.1, 0.15) is 22.6 Å². The van der Waals surface area contributed by atoms with Crippen molar-refractivity contribution in [2.75, 3.05) is 6.54 Å². The highest BCUT2D eigenvalue weighted by Gasteiger charge is 2.32. The third-order valence-electron chi connectivity index (χ3n) is 4.72. The van der Waals surface area contributed by atoms with Gasteiger partial charge in [0.25, 0.3) is 0 Å². The maximum atomic E-state index is 12.9. The number of fused-ring (bicyclic) bond motifs is 3. The van der Waals surface area contributed by atoms with Gasteiger partial charge in [0.1, 0.15) is 0 Å². The summed E-state index contributed by atoms with van der Waals surface area (Å²) in [6.07, 6.45) is 0.791. The topological polar surface area (TPSA) is 29.1 Å². The molecule has 0 aliphatic heterocycles. The van der Waals surface area contributed by atoms with E-state index in [9.17, 15) is 4.79 Å². The summed E-state index contributed by atoms with van der Waals surface area (Å²) in [5, 5.41) is 3.83. The van der Waals surface area contributed by atoms with Gasteiger partial charge in [-0.2, -0.15) is 0 Å². The predicted octanol–water partition coefficient (Wildman–Crippen LogP) is 4.81. The molecule has 0 atom stereocenters. The molecule has 3 aromatic rings. The predicted molar refractivity (Wildman–Crippen MR) is 102 cm³/mol. The Morgan fingerprint density at radius 3 is 2.00 bits per heavy atom. The summed E-state index contributed by atoms with van der Waals surface area (Å²) in [5.74, 6) is -0.163. The number of amides is 1. The molecular formula is C22H18ClNO. The first-order chi connectivity index (χ1) is 12.2. The van der Waals surface area contributed by atoms with E-state index >= 15 is 0 Å². The molecule has 1 N–H and O–H groups in total. The highest BCUT2D eigenvalue weighted by atomic mass is 35.5. The van der Waals surface area contributed by atoms with Crippen molar-refractivity contribution in [2.45, 2.75) is 12.3 Å². The fraction of sp³-hybridized carbons (Fsp3) is 0.136. The maximum Gasteiger partial charge on any atom is 0.232 e. The molecule has 1 aliphatic carbocycles. The van der Waals surface area contributed by atoms with Crippen LogP contribution in [0.4, 0.5) is 0 Å². The van der Waals surface area contributed by atoms with E-state index in [0.29, 0.717) is 6.54 Å². The molecule has 0 spiro atoms. The lowest BCUT2D eigenvalue weighted by Gasteiger charge is -2.14. The van der Waals surface area contributed by atoms with Crippen LogP contribution < -0.4 is 5.32 Å². The number of benzene rings is 3. The Morgan fingerprint density at radius 1 is 0.840 bits per heavy atom. The standard InChI is InChI=1S/C22H18ClNO/c23-16-11-9-15(10-12-16)13-14-24-22(25)21-19-7-3-1-5-17(19)18-6-2-4-8-20(18)21/h1-12,21H,13-14H2,(H,24,25). The number of nitrogens with one attached hydrogen (secondary N) is 1. The van der Waals surface area contributed by atoms with Gasteiger partial charge in [0, 0.05) is 11.6 Å². The van der Waals surface area contributed by atoms with Crippen molar-refractivity contribution in [1.82, 2.24) is 5.32 Å². The van der Waals surface area contributed by atoms with Crippen molar-refractivity contribution in [3.63, 3.8) is 0 Å². The fourth-order valence-electron chi connectivity index (χ4n) is 3.52. The molecule has 0 heterocycles. The highest BCUT2D eigenvalue weighted by Crippen LogP contribution is 2.44. The molecule has 0 fully saturated rings. The SMILES string of the molecule is O=C(NCCc1ccc(Cl)cc1)C1c2ccccc2-c2ccccc21. The number of carbonyl (C=O) groups is 1. The minimum atomic E-state index is -0.224. The summed E-state index contributed by atoms with van der Waals surface area (Å²) in [7, 11) is 0. The van der Waals surface area contributed by atoms with Crippen LogP contribution in [0.3, 0.4) is 0 Å². The molecule has 0 unspecified atom stereocenters. The summed E-state index contributed by atoms with van der Waals surface area (Å²) in [6.45, 7) is 0.612. The van der Waals surface area contributed by atoms with Crippen molar-refractivity contribution >= 4 is 17.5 Å². The van der Waals surface area contributed by atoms with Gasteiger partial charge in [0.05, 0.1) is 5.92 Å². The molecular weight excluding hydrogens is 330 g/mol. The Balaban J connectivity index is 1.51. The number of rotatable bonds is 4. The van der Waals surface area contributed by atoms with E-state index < -0.39 is 0 Å². The van der Waals surface area contributed by atoms with Crippen LogP contribution in [-0.2, 0) is 11.2 Å². The van der Waals surface area contributed by atoms with Crippen molar-refractivity contribution in [1.29, 1.82) is 0 Å². The highest BCUT2D eigenvalue weighted by molar-refractivity contribution is 6.30. The van der Waals surface area contributed by atoms with Gasteiger partial charge in [-0.3, -0.25) is 4.79 Å². The van der Waals surface area contributed by atoms with E-state index in [2.05, 4.69) is 29.6 Å². The van der Waals surface area contributed by atoms with E-state index in [4.69, 9.17) is 11.6 Å². The first-order valence-electron chi connectivity index (χ1n) is 8.44. The smallest absolute Gasteiger partial charge is 0.232 e. The molecule has 124 valence electrons. The quantitative estimate of drug-likeness (QED) is 0.720. The van der Waals surface area contributed by atoms with Gasteiger partial charge in [0.15, 0.2) is 0 Å². The van der Waals surface area contributed by atoms with E-state index in [1.807, 2.05) is 48.5 Å². The number of hydrogen-bond donors (Lipinski definition) is 1. The molecule has 2 nitrogen and oxygen atoms in total. The molecule has 1 amide bonds. The van der Waals surface area contributed by atoms with Gasteiger partial charge in [-0.15, -0.1) is 0 Å². The molecule has 1 aliphatic rings. The molecule has 0 radical (unpaired) electrons. The van der Waals surface area contributed by atoms with E-state index in [0.717, 1.165) is 39.3 Å². The number of halogens is 1. The van der Waals surface area contributed by atoms with Gasteiger partial charge < -0.3 is 5.32 Å². The third kappa shape index (κ3) is 3.06. The molecule has 0 saturated carbocycles. The number of hydrogen-bond acceptors (Lipinski definition) is 1. The van der Waals surface area contributed by atoms with Crippen LogP contribution in [0.25, 0.3) is 11.1 Å². The second-order valence-corrected chi connectivity index (χ2v) is 6.71. The van der Waals surface area contributed by atoms with Crippen LogP contribution in [-0.4, -0.2) is 12.5 Å². The molecule has 0 aromatic heterocycles. The van der Waals surface area contributed by atoms with Crippen LogP contribution in [0.5, 0.6) is 0 Å². The second kappa shape index (κ2) is 6.73. The van der Waals surface area contributed by atoms with Crippen LogP contribution in [0.15, 0.2) is 72.8 Å². The molecule has 25 heavy (non-hydrogen) atoms. The zero-order valence-corrected chi connectivity index (χ0v) is 14.5. The Kier molecular flexibility index (Phi) is 4.29. The molecule has 3 heteroatoms. The first-order valence-corrected chi connectivity index (χ1v) is 8.82. The maximum absolute atomic E-state index is 12.9. The van der Waals surface area contributed by atoms with E-state index in [-0.39, 0.29) is 11.8 Å². The monoisotopic (exact) mass is 347 g/mol. The molecule has 3 aromatic carbocycles. The summed E-state index contributed by atoms with van der Waals surface area (Å²) >= 11 is 5.91. The summed E-state index contributed by atoms with van der Waals surface area (Å²) in [6, 6.07) is 24.1. The van der Waals surface area contributed by atoms with E-state index in [1.54, 1.807) is 0 Å². The van der Waals surface area contributed by atoms with Gasteiger partial charge in [-0.1, -0.05) is 72.3 Å². The van der Waals surface area contributed by atoms with Crippen molar-refractivity contribution in [3.8, 4) is 11.1 Å². The Morgan fingerprint density at radius 2 is 1.40 bits per heavy atom. The van der Waals surface area contributed by atoms with Crippen molar-refractivity contribution < 1.29 is 4.79 Å². The minimum absolute atomic E-state index is 0.0614. The first kappa shape index (κ1) is 15.9. The fourth-order valence-corrected chi connectivity index (χ4v) is 3.65. The normalized spacial score (nSPS) is 12.5. The Hall–Kier alpha value is -2.58. The zero-order chi connectivity index (χ0) is 17.2. The van der Waals surface area contributed by atoms with Gasteiger partial charge in [-0.25, -0.2) is 0 Å². The number of carbonyl (C=O) groups excluding carboxylic acids is 1. The zero-order valence-electron chi connectivity index (χ0n) is 13.7. The van der Waals surface area contributed by atoms with Crippen molar-refractivity contribution in [3.05, 3.63) is 94.5 Å². The Labute approximate surface area is 152 Å². The van der Waals surface area contributed by atoms with Crippen LogP contribution in [0.2, 0.25) is 5.02 Å². The largest absolute Gasteiger partial charge is 0.355 e. The molecule has 0 bridgehead atoms. The minimum Gasteiger partial charge on any atom is -0.355 e. The summed E-state index contributed by atoms with van der Waals surface area (Å²) < 4.78 is 0. The van der Waals surface area contributed by atoms with Gasteiger partial charge in [-0.05, 0) is 46.4 Å². The second-order valence-electron chi connectivity index (χ2n) is 6.28. The summed E-state index contributed by atoms with van der Waals surface area (Å²) in [4.78, 5) is 12.9. The van der Waals surface area contributed by atoms with Gasteiger partial charge in [0.2, 0.25) is 5.91 Å². The van der Waals surface area contributed by atoms with Crippen molar-refractivity contribution in [2.24, 2.45) is 0 Å². The average molecular weight is 348 g/mol.